The van der Waals surface area contributed by atoms with Crippen molar-refractivity contribution in [3.8, 4) is 5.82 Å². The van der Waals surface area contributed by atoms with Crippen molar-refractivity contribution in [3.63, 3.8) is 0 Å². The summed E-state index contributed by atoms with van der Waals surface area (Å²) >= 11 is 0. The summed E-state index contributed by atoms with van der Waals surface area (Å²) in [5.74, 6) is 0.989. The second kappa shape index (κ2) is 6.73. The largest absolute Gasteiger partial charge is 0.251 e. The molecular weight excluding hydrogens is 270 g/mol. The predicted octanol–water partition coefficient (Wildman–Crippen LogP) is 4.20. The topological polar surface area (TPSA) is 21.7 Å². The van der Waals surface area contributed by atoms with Gasteiger partial charge in [-0.3, -0.25) is 0 Å². The highest BCUT2D eigenvalue weighted by Crippen LogP contribution is 2.16. The van der Waals surface area contributed by atoms with E-state index in [-0.39, 0.29) is 0 Å². The average molecular weight is 294 g/mol. The molecule has 3 aromatic rings. The monoisotopic (exact) mass is 294 g/mol. The SMILES string of the molecule is CCCCCC[n+]1cn(-c2cc(C)ccn2)c2ccccc21. The number of para-hydroxylation sites is 2. The zero-order chi connectivity index (χ0) is 15.4. The number of pyridine rings is 1. The van der Waals surface area contributed by atoms with Crippen molar-refractivity contribution in [1.82, 2.24) is 9.55 Å². The van der Waals surface area contributed by atoms with Crippen LogP contribution in [0.25, 0.3) is 16.9 Å². The van der Waals surface area contributed by atoms with E-state index in [0.717, 1.165) is 12.4 Å². The number of hydrogen-bond donors (Lipinski definition) is 0. The summed E-state index contributed by atoms with van der Waals surface area (Å²) in [4.78, 5) is 4.53. The molecule has 0 unspecified atom stereocenters. The van der Waals surface area contributed by atoms with Crippen molar-refractivity contribution < 1.29 is 4.57 Å². The fourth-order valence-corrected chi connectivity index (χ4v) is 2.90. The van der Waals surface area contributed by atoms with E-state index in [1.165, 1.54) is 42.3 Å². The molecule has 114 valence electrons. The first-order valence-electron chi connectivity index (χ1n) is 8.22. The Bertz CT molecular complexity index is 758. The molecule has 3 nitrogen and oxygen atoms in total. The molecule has 0 saturated carbocycles. The number of benzene rings is 1. The van der Waals surface area contributed by atoms with Crippen LogP contribution in [0.2, 0.25) is 0 Å². The third-order valence-electron chi connectivity index (χ3n) is 4.11. The zero-order valence-electron chi connectivity index (χ0n) is 13.5. The van der Waals surface area contributed by atoms with Crippen LogP contribution >= 0.6 is 0 Å². The lowest BCUT2D eigenvalue weighted by atomic mass is 10.2. The van der Waals surface area contributed by atoms with Gasteiger partial charge in [0.1, 0.15) is 0 Å². The van der Waals surface area contributed by atoms with Gasteiger partial charge < -0.3 is 0 Å². The van der Waals surface area contributed by atoms with Gasteiger partial charge in [0.2, 0.25) is 5.82 Å². The Morgan fingerprint density at radius 1 is 1.09 bits per heavy atom. The van der Waals surface area contributed by atoms with Gasteiger partial charge >= 0.3 is 0 Å². The minimum atomic E-state index is 0.989. The van der Waals surface area contributed by atoms with Crippen LogP contribution in [0.4, 0.5) is 0 Å². The summed E-state index contributed by atoms with van der Waals surface area (Å²) in [6.45, 7) is 5.43. The van der Waals surface area contributed by atoms with E-state index in [9.17, 15) is 0 Å². The van der Waals surface area contributed by atoms with Gasteiger partial charge in [-0.25, -0.2) is 9.55 Å². The molecular formula is C19H24N3+. The smallest absolute Gasteiger partial charge is 0.229 e. The summed E-state index contributed by atoms with van der Waals surface area (Å²) in [7, 11) is 0. The third-order valence-corrected chi connectivity index (χ3v) is 4.11. The van der Waals surface area contributed by atoms with Crippen LogP contribution in [0, 0.1) is 6.92 Å². The van der Waals surface area contributed by atoms with Crippen LogP contribution in [0.15, 0.2) is 48.9 Å². The second-order valence-electron chi connectivity index (χ2n) is 5.92. The van der Waals surface area contributed by atoms with Crippen molar-refractivity contribution >= 4 is 11.0 Å². The average Bonchev–Trinajstić information content (AvgIpc) is 2.91. The molecule has 22 heavy (non-hydrogen) atoms. The molecule has 0 aliphatic rings. The summed E-state index contributed by atoms with van der Waals surface area (Å²) < 4.78 is 4.55. The molecule has 0 radical (unpaired) electrons. The van der Waals surface area contributed by atoms with Gasteiger partial charge in [-0.05, 0) is 43.5 Å². The first kappa shape index (κ1) is 14.8. The van der Waals surface area contributed by atoms with Gasteiger partial charge in [0.05, 0.1) is 6.54 Å². The summed E-state index contributed by atoms with van der Waals surface area (Å²) in [5.41, 5.74) is 3.73. The Balaban J connectivity index is 1.97. The Hall–Kier alpha value is -2.16. The molecule has 0 bridgehead atoms. The number of aromatic nitrogens is 3. The van der Waals surface area contributed by atoms with Gasteiger partial charge in [-0.2, -0.15) is 4.57 Å². The van der Waals surface area contributed by atoms with Gasteiger partial charge in [0.15, 0.2) is 11.0 Å². The Kier molecular flexibility index (Phi) is 4.52. The van der Waals surface area contributed by atoms with E-state index >= 15 is 0 Å². The number of fused-ring (bicyclic) bond motifs is 1. The lowest BCUT2D eigenvalue weighted by molar-refractivity contribution is -0.672. The van der Waals surface area contributed by atoms with Crippen LogP contribution in [0.5, 0.6) is 0 Å². The molecule has 2 aromatic heterocycles. The standard InChI is InChI=1S/C19H24N3/c1-3-4-5-8-13-21-15-22(18-10-7-6-9-17(18)21)19-14-16(2)11-12-20-19/h6-7,9-12,14-15H,3-5,8,13H2,1-2H3/q+1. The quantitative estimate of drug-likeness (QED) is 0.493. The first-order chi connectivity index (χ1) is 10.8. The first-order valence-corrected chi connectivity index (χ1v) is 8.22. The fourth-order valence-electron chi connectivity index (χ4n) is 2.90. The van der Waals surface area contributed by atoms with E-state index < -0.39 is 0 Å². The van der Waals surface area contributed by atoms with Gasteiger partial charge in [-0.15, -0.1) is 0 Å². The number of aryl methyl sites for hydroxylation is 2. The van der Waals surface area contributed by atoms with Crippen molar-refractivity contribution in [1.29, 1.82) is 0 Å². The summed E-state index contributed by atoms with van der Waals surface area (Å²) in [6.07, 6.45) is 9.20. The number of unbranched alkanes of at least 4 members (excludes halogenated alkanes) is 3. The Morgan fingerprint density at radius 2 is 1.95 bits per heavy atom. The molecule has 1 aromatic carbocycles. The normalized spacial score (nSPS) is 11.2. The molecule has 0 aliphatic carbocycles. The number of hydrogen-bond acceptors (Lipinski definition) is 1. The lowest BCUT2D eigenvalue weighted by Crippen LogP contribution is -2.32. The Morgan fingerprint density at radius 3 is 2.77 bits per heavy atom. The third kappa shape index (κ3) is 3.03. The molecule has 0 saturated heterocycles. The lowest BCUT2D eigenvalue weighted by Gasteiger charge is -1.97. The summed E-state index contributed by atoms with van der Waals surface area (Å²) in [6, 6.07) is 12.7. The summed E-state index contributed by atoms with van der Waals surface area (Å²) in [5, 5.41) is 0. The zero-order valence-corrected chi connectivity index (χ0v) is 13.5. The van der Waals surface area contributed by atoms with E-state index in [2.05, 4.69) is 64.6 Å². The van der Waals surface area contributed by atoms with E-state index in [1.54, 1.807) is 0 Å². The van der Waals surface area contributed by atoms with Crippen molar-refractivity contribution in [2.24, 2.45) is 0 Å². The van der Waals surface area contributed by atoms with Gasteiger partial charge in [0, 0.05) is 12.3 Å². The van der Waals surface area contributed by atoms with Crippen molar-refractivity contribution in [3.05, 3.63) is 54.5 Å². The molecule has 2 heterocycles. The minimum Gasteiger partial charge on any atom is -0.229 e. The number of nitrogens with zero attached hydrogens (tertiary/aromatic N) is 3. The van der Waals surface area contributed by atoms with E-state index in [4.69, 9.17) is 0 Å². The Labute approximate surface area is 132 Å². The van der Waals surface area contributed by atoms with Crippen LogP contribution in [-0.2, 0) is 6.54 Å². The molecule has 0 atom stereocenters. The predicted molar refractivity (Wildman–Crippen MR) is 90.1 cm³/mol. The highest BCUT2D eigenvalue weighted by Gasteiger charge is 2.17. The van der Waals surface area contributed by atoms with Gasteiger partial charge in [0.25, 0.3) is 6.33 Å². The van der Waals surface area contributed by atoms with Crippen LogP contribution in [-0.4, -0.2) is 9.55 Å². The van der Waals surface area contributed by atoms with Crippen LogP contribution in [0.1, 0.15) is 38.2 Å². The maximum Gasteiger partial charge on any atom is 0.251 e. The molecule has 0 aliphatic heterocycles. The van der Waals surface area contributed by atoms with Crippen LogP contribution < -0.4 is 4.57 Å². The highest BCUT2D eigenvalue weighted by molar-refractivity contribution is 5.73. The van der Waals surface area contributed by atoms with Crippen molar-refractivity contribution in [2.75, 3.05) is 0 Å². The van der Waals surface area contributed by atoms with E-state index in [0.29, 0.717) is 0 Å². The molecule has 0 N–H and O–H groups in total. The molecule has 3 heteroatoms. The van der Waals surface area contributed by atoms with Crippen LogP contribution in [0.3, 0.4) is 0 Å². The molecule has 3 rings (SSSR count). The molecule has 0 spiro atoms. The maximum absolute atomic E-state index is 4.53. The molecule has 0 amide bonds. The number of rotatable bonds is 6. The minimum absolute atomic E-state index is 0.989. The van der Waals surface area contributed by atoms with Crippen molar-refractivity contribution in [2.45, 2.75) is 46.1 Å². The number of imidazole rings is 1. The highest BCUT2D eigenvalue weighted by atomic mass is 15.2. The fraction of sp³-hybridized carbons (Fsp3) is 0.368. The molecule has 0 fully saturated rings. The maximum atomic E-state index is 4.53. The van der Waals surface area contributed by atoms with Gasteiger partial charge in [-0.1, -0.05) is 31.9 Å². The van der Waals surface area contributed by atoms with E-state index in [1.807, 2.05) is 12.3 Å². The second-order valence-corrected chi connectivity index (χ2v) is 5.92.